The zero-order chi connectivity index (χ0) is 96.8. The molecule has 9 aliphatic rings. The maximum atomic E-state index is 13.2. The van der Waals surface area contributed by atoms with Crippen molar-refractivity contribution in [2.75, 3.05) is 73.0 Å². The van der Waals surface area contributed by atoms with Gasteiger partial charge in [0.15, 0.2) is 22.2 Å². The molecule has 38 heteroatoms. The number of anilines is 1. The number of aliphatic hydroxyl groups is 1. The Bertz CT molecular complexity index is 7170. The third-order valence-electron chi connectivity index (χ3n) is 26.4. The molecule has 4 atom stereocenters. The number of amides is 16. The Morgan fingerprint density at radius 1 is 0.388 bits per heavy atom. The Morgan fingerprint density at radius 2 is 0.712 bits per heavy atom. The van der Waals surface area contributed by atoms with Crippen molar-refractivity contribution in [2.45, 2.75) is 113 Å². The van der Waals surface area contributed by atoms with Crippen LogP contribution in [0, 0.1) is 0 Å². The van der Waals surface area contributed by atoms with Crippen molar-refractivity contribution in [1.29, 1.82) is 0 Å². The summed E-state index contributed by atoms with van der Waals surface area (Å²) in [5.74, 6) is 0.806. The fourth-order valence-corrected chi connectivity index (χ4v) is 19.1. The summed E-state index contributed by atoms with van der Waals surface area (Å²) in [6, 6.07) is 54.2. The van der Waals surface area contributed by atoms with Gasteiger partial charge >= 0.3 is 24.1 Å². The van der Waals surface area contributed by atoms with Crippen LogP contribution in [0.2, 0.25) is 0 Å². The Hall–Kier alpha value is -16.5. The lowest BCUT2D eigenvalue weighted by atomic mass is 9.95. The highest BCUT2D eigenvalue weighted by molar-refractivity contribution is 6.12. The van der Waals surface area contributed by atoms with Gasteiger partial charge in [-0.1, -0.05) is 73.9 Å². The van der Waals surface area contributed by atoms with Crippen molar-refractivity contribution < 1.29 is 99.3 Å². The molecule has 14 N–H and O–H groups in total. The Labute approximate surface area is 792 Å². The first-order valence-electron chi connectivity index (χ1n) is 45.2. The largest absolute Gasteiger partial charge is 0.497 e. The summed E-state index contributed by atoms with van der Waals surface area (Å²) >= 11 is 0. The fraction of sp³-hybridized carbons (Fsp3) is 0.277. The summed E-state index contributed by atoms with van der Waals surface area (Å²) in [7, 11) is 6.14. The number of urea groups is 4. The summed E-state index contributed by atoms with van der Waals surface area (Å²) in [6.07, 6.45) is 8.00. The predicted octanol–water partition coefficient (Wildman–Crippen LogP) is 9.50. The number of carbonyl (C=O) groups excluding carboxylic acids is 12. The third-order valence-corrected chi connectivity index (χ3v) is 26.4. The number of aromatic nitrogens is 1. The molecule has 16 amide bonds. The molecule has 8 aromatic carbocycles. The number of aliphatic hydroxyl groups excluding tert-OH is 1. The van der Waals surface area contributed by atoms with Crippen LogP contribution < -0.4 is 83.2 Å². The number of carbonyl (C=O) groups is 12. The molecule has 8 aliphatic heterocycles. The van der Waals surface area contributed by atoms with E-state index in [0.717, 1.165) is 67.5 Å². The predicted molar refractivity (Wildman–Crippen MR) is 501 cm³/mol. The van der Waals surface area contributed by atoms with Gasteiger partial charge in [-0.25, -0.2) is 24.2 Å². The second kappa shape index (κ2) is 37.7. The molecular weight excluding hydrogens is 1790 g/mol. The van der Waals surface area contributed by atoms with E-state index < -0.39 is 69.9 Å². The number of nitrogens with zero attached hydrogens (tertiary/aromatic N) is 5. The quantitative estimate of drug-likeness (QED) is 0.0168. The molecule has 1 saturated carbocycles. The number of nitrogens with one attached hydrogen (secondary N) is 11. The van der Waals surface area contributed by atoms with E-state index in [1.54, 1.807) is 109 Å². The Balaban J connectivity index is 0.000000118. The van der Waals surface area contributed by atoms with Crippen molar-refractivity contribution in [1.82, 2.24) is 77.8 Å². The highest BCUT2D eigenvalue weighted by atomic mass is 16.5. The number of pyridine rings is 1. The number of nitrogens with two attached hydrogens (primary N) is 1. The van der Waals surface area contributed by atoms with Gasteiger partial charge in [-0.3, -0.25) is 59.6 Å². The zero-order valence-corrected chi connectivity index (χ0v) is 75.9. The van der Waals surface area contributed by atoms with Gasteiger partial charge in [0.05, 0.1) is 61.2 Å². The van der Waals surface area contributed by atoms with Crippen LogP contribution in [0.5, 0.6) is 23.0 Å². The van der Waals surface area contributed by atoms with Crippen LogP contribution in [-0.4, -0.2) is 175 Å². The normalized spacial score (nSPS) is 20.0. The minimum Gasteiger partial charge on any atom is -0.497 e. The molecule has 5 fully saturated rings. The first-order valence-corrected chi connectivity index (χ1v) is 45.2. The first kappa shape index (κ1) is 91.7. The van der Waals surface area contributed by atoms with Crippen molar-refractivity contribution in [3.63, 3.8) is 0 Å². The van der Waals surface area contributed by atoms with Crippen LogP contribution in [0.1, 0.15) is 141 Å². The van der Waals surface area contributed by atoms with E-state index in [1.807, 2.05) is 97.1 Å². The van der Waals surface area contributed by atoms with E-state index in [0.29, 0.717) is 136 Å². The standard InChI is InChI=1S/C28H30N4O5.C27H23N5O5.C24H25N5O5.C22H19N3O6/c1-36-21-9-8-18-15-32(25(33)22(18)13-21)16-28(26(34)30-27(35)31-28)24-12-19-11-17(7-10-23(19)37-24)14-29-20-5-3-2-4-6-20;1-36-19-7-6-17-14-32(24(33)20(17)12-19)15-27(25(34)30-26(35)31-27)22-11-18-10-16(5-8-21(18)37-22)13-29-23-4-2-3-9-28-23;1-33-17-4-3-15-12-29(21(30)18(15)10-17)13-24(22(31)27-23(32)28-24)20-9-16-8-14(11-26-7-6-25)2-5-19(16)34-20;1-30-15-4-3-13-9-25(19(27)16(13)8-15)11-22(20(28)23-21(29)24-22)18-7-14-6-12(10-26)2-5-17(14)31-18/h7-13,20,29H,2-6,14-16H2,1H3,(H2,30,31,34,35);2-12H,13-15H2,1H3,(H,28,29)(H2,30,31,34,35);2-5,8-10,26H,6-7,11-13,25H2,1H3,(H2,27,28,31,32);2-8,26H,9-11H2,1H3,(H2,23,24,28,29)/t28-;27-;24-;22-/m0000/s1. The zero-order valence-electron chi connectivity index (χ0n) is 75.9. The smallest absolute Gasteiger partial charge is 0.322 e. The van der Waals surface area contributed by atoms with E-state index in [-0.39, 0.29) is 80.2 Å². The van der Waals surface area contributed by atoms with Gasteiger partial charge in [0.25, 0.3) is 47.3 Å². The summed E-state index contributed by atoms with van der Waals surface area (Å²) in [4.78, 5) is 164. The maximum absolute atomic E-state index is 13.2. The SMILES string of the molecule is COc1ccc2c(c1)C(=O)N(C[C@@]1(c3cc4cc(CNC5CCCCC5)ccc4o3)NC(=O)NC1=O)C2.COc1ccc2c(c1)C(=O)N(C[C@@]1(c3cc4cc(CNCCN)ccc4o3)NC(=O)NC1=O)C2.COc1ccc2c(c1)C(=O)N(C[C@@]1(c3cc4cc(CNc5ccccn5)ccc4o3)NC(=O)NC1=O)C2.COc1ccc2c(c1)C(=O)N(C[C@@]1(c3cc4cc(CO)ccc4o3)NC(=O)NC1=O)C2. The minimum absolute atomic E-state index is 0.0592. The van der Waals surface area contributed by atoms with E-state index in [2.05, 4.69) is 63.5 Å². The Kier molecular flexibility index (Phi) is 24.8. The number of imide groups is 4. The number of furan rings is 4. The van der Waals surface area contributed by atoms with Gasteiger partial charge in [0.1, 0.15) is 74.2 Å². The van der Waals surface area contributed by atoms with Crippen LogP contribution in [-0.2, 0) is 93.8 Å². The molecule has 1 aliphatic carbocycles. The second-order valence-electron chi connectivity index (χ2n) is 35.3. The molecule has 13 aromatic rings. The van der Waals surface area contributed by atoms with Crippen molar-refractivity contribution in [2.24, 2.45) is 5.73 Å². The van der Waals surface area contributed by atoms with E-state index >= 15 is 0 Å². The molecule has 712 valence electrons. The van der Waals surface area contributed by atoms with Crippen LogP contribution in [0.15, 0.2) is 212 Å². The summed E-state index contributed by atoms with van der Waals surface area (Å²) in [5, 5.41) is 42.6. The average Bonchev–Trinajstić information content (AvgIpc) is 1.60. The molecule has 4 saturated heterocycles. The summed E-state index contributed by atoms with van der Waals surface area (Å²) < 4.78 is 45.1. The number of hydrogen-bond acceptors (Lipinski definition) is 26. The van der Waals surface area contributed by atoms with E-state index in [1.165, 1.54) is 68.1 Å². The monoisotopic (exact) mass is 1880 g/mol. The van der Waals surface area contributed by atoms with E-state index in [4.69, 9.17) is 42.3 Å². The molecule has 0 spiro atoms. The molecule has 0 radical (unpaired) electrons. The summed E-state index contributed by atoms with van der Waals surface area (Å²) in [6.45, 7) is 3.92. The number of fused-ring (bicyclic) bond motifs is 8. The van der Waals surface area contributed by atoms with Crippen molar-refractivity contribution >= 4 is 121 Å². The van der Waals surface area contributed by atoms with Crippen molar-refractivity contribution in [3.05, 3.63) is 284 Å². The molecule has 5 aromatic heterocycles. The van der Waals surface area contributed by atoms with Gasteiger partial charge in [0, 0.05) is 115 Å². The lowest BCUT2D eigenvalue weighted by Gasteiger charge is -2.29. The number of ether oxygens (including phenoxy) is 4. The average molecular weight is 1880 g/mol. The molecule has 0 unspecified atom stereocenters. The molecule has 13 heterocycles. The molecule has 139 heavy (non-hydrogen) atoms. The number of hydrogen-bond donors (Lipinski definition) is 13. The lowest BCUT2D eigenvalue weighted by Crippen LogP contribution is -2.52. The third kappa shape index (κ3) is 17.8. The van der Waals surface area contributed by atoms with Crippen LogP contribution in [0.25, 0.3) is 43.9 Å². The number of rotatable bonds is 27. The number of benzene rings is 8. The lowest BCUT2D eigenvalue weighted by molar-refractivity contribution is -0.126. The maximum Gasteiger partial charge on any atom is 0.322 e. The highest BCUT2D eigenvalue weighted by Crippen LogP contribution is 2.43. The highest BCUT2D eigenvalue weighted by Gasteiger charge is 2.58. The van der Waals surface area contributed by atoms with Gasteiger partial charge in [0.2, 0.25) is 0 Å². The topological polar surface area (TPSA) is 499 Å². The molecule has 38 nitrogen and oxygen atoms in total. The first-order chi connectivity index (χ1) is 67.3. The van der Waals surface area contributed by atoms with Gasteiger partial charge < -0.3 is 104 Å². The minimum atomic E-state index is -1.57. The van der Waals surface area contributed by atoms with Gasteiger partial charge in [-0.2, -0.15) is 0 Å². The van der Waals surface area contributed by atoms with E-state index in [9.17, 15) is 62.6 Å². The van der Waals surface area contributed by atoms with Crippen LogP contribution >= 0.6 is 0 Å². The number of methoxy groups -OCH3 is 4. The molecular formula is C101H97N17O21. The Morgan fingerprint density at radius 3 is 1.01 bits per heavy atom. The second-order valence-corrected chi connectivity index (χ2v) is 35.3. The van der Waals surface area contributed by atoms with Crippen LogP contribution in [0.3, 0.4) is 0 Å². The fourth-order valence-electron chi connectivity index (χ4n) is 19.1. The van der Waals surface area contributed by atoms with Gasteiger partial charge in [-0.15, -0.1) is 0 Å². The van der Waals surface area contributed by atoms with Crippen LogP contribution in [0.4, 0.5) is 25.0 Å². The van der Waals surface area contributed by atoms with Gasteiger partial charge in [-0.05, 0) is 191 Å². The van der Waals surface area contributed by atoms with Crippen molar-refractivity contribution in [3.8, 4) is 23.0 Å². The summed E-state index contributed by atoms with van der Waals surface area (Å²) in [5.41, 5.74) is 10.7. The molecule has 0 bridgehead atoms. The molecule has 22 rings (SSSR count).